The lowest BCUT2D eigenvalue weighted by Crippen LogP contribution is -2.33. The molecule has 0 radical (unpaired) electrons. The van der Waals surface area contributed by atoms with Gasteiger partial charge in [0.1, 0.15) is 6.10 Å². The molecule has 2 nitrogen and oxygen atoms in total. The molecule has 54 valence electrons. The third kappa shape index (κ3) is 0.559. The van der Waals surface area contributed by atoms with Crippen LogP contribution in [0, 0.1) is 0 Å². The van der Waals surface area contributed by atoms with Gasteiger partial charge in [-0.2, -0.15) is 0 Å². The van der Waals surface area contributed by atoms with Crippen LogP contribution in [-0.2, 0) is 9.47 Å². The van der Waals surface area contributed by atoms with E-state index in [1.54, 1.807) is 0 Å². The largest absolute Gasteiger partial charge is 0.368 e. The lowest BCUT2D eigenvalue weighted by molar-refractivity contribution is -0.0182. The van der Waals surface area contributed by atoms with Gasteiger partial charge >= 0.3 is 0 Å². The van der Waals surface area contributed by atoms with Gasteiger partial charge in [0, 0.05) is 12.8 Å². The average Bonchev–Trinajstić information content (AvgIpc) is 2.11. The van der Waals surface area contributed by atoms with E-state index in [0.717, 1.165) is 12.8 Å². The second-order valence-corrected chi connectivity index (χ2v) is 3.29. The fourth-order valence-corrected chi connectivity index (χ4v) is 2.11. The van der Waals surface area contributed by atoms with Crippen LogP contribution in [0.3, 0.4) is 0 Å². The van der Waals surface area contributed by atoms with Crippen LogP contribution in [0.2, 0.25) is 0 Å². The molecule has 0 aliphatic carbocycles. The molecule has 2 fully saturated rings. The smallest absolute Gasteiger partial charge is 0.102 e. The summed E-state index contributed by atoms with van der Waals surface area (Å²) in [6.45, 7) is 0. The summed E-state index contributed by atoms with van der Waals surface area (Å²) >= 11 is 0. The highest BCUT2D eigenvalue weighted by Crippen LogP contribution is 2.37. The van der Waals surface area contributed by atoms with E-state index >= 15 is 0 Å². The monoisotopic (exact) mass is 138 g/mol. The highest BCUT2D eigenvalue weighted by molar-refractivity contribution is 5.10. The van der Waals surface area contributed by atoms with E-state index in [-0.39, 0.29) is 6.10 Å². The number of hydrogen-bond acceptors (Lipinski definition) is 2. The number of fused-ring (bicyclic) bond motifs is 2. The Morgan fingerprint density at radius 2 is 2.10 bits per heavy atom. The molecule has 0 aromatic carbocycles. The maximum Gasteiger partial charge on any atom is 0.102 e. The quantitative estimate of drug-likeness (QED) is 0.462. The fraction of sp³-hybridized carbons (Fsp3) is 0.750. The minimum absolute atomic E-state index is 0.281. The average molecular weight is 138 g/mol. The van der Waals surface area contributed by atoms with E-state index in [9.17, 15) is 0 Å². The van der Waals surface area contributed by atoms with Gasteiger partial charge in [-0.05, 0) is 0 Å². The Morgan fingerprint density at radius 3 is 3.10 bits per heavy atom. The van der Waals surface area contributed by atoms with Gasteiger partial charge in [0.25, 0.3) is 0 Å². The molecule has 3 bridgehead atoms. The molecular formula is C8H10O2. The molecule has 2 heteroatoms. The van der Waals surface area contributed by atoms with Gasteiger partial charge in [-0.15, -0.1) is 0 Å². The molecule has 0 aromatic rings. The topological polar surface area (TPSA) is 18.5 Å². The molecule has 2 saturated heterocycles. The Kier molecular flexibility index (Phi) is 0.868. The summed E-state index contributed by atoms with van der Waals surface area (Å²) in [5.74, 6) is 0. The molecule has 0 spiro atoms. The second-order valence-electron chi connectivity index (χ2n) is 3.29. The number of rotatable bonds is 0. The van der Waals surface area contributed by atoms with Gasteiger partial charge in [0.05, 0.1) is 18.3 Å². The molecule has 10 heavy (non-hydrogen) atoms. The first kappa shape index (κ1) is 5.33. The Balaban J connectivity index is 2.04. The third-order valence-corrected chi connectivity index (χ3v) is 2.57. The van der Waals surface area contributed by atoms with Crippen molar-refractivity contribution in [2.24, 2.45) is 0 Å². The molecule has 3 aliphatic heterocycles. The van der Waals surface area contributed by atoms with Gasteiger partial charge in [0.15, 0.2) is 0 Å². The molecule has 0 unspecified atom stereocenters. The van der Waals surface area contributed by atoms with E-state index in [4.69, 9.17) is 9.47 Å². The lowest BCUT2D eigenvalue weighted by Gasteiger charge is -2.27. The zero-order valence-corrected chi connectivity index (χ0v) is 5.69. The molecule has 3 aliphatic rings. The molecule has 0 N–H and O–H groups in total. The zero-order valence-electron chi connectivity index (χ0n) is 5.69. The predicted molar refractivity (Wildman–Crippen MR) is 35.7 cm³/mol. The Hall–Kier alpha value is -0.340. The van der Waals surface area contributed by atoms with E-state index in [1.165, 1.54) is 0 Å². The first-order valence-electron chi connectivity index (χ1n) is 3.91. The van der Waals surface area contributed by atoms with E-state index in [0.29, 0.717) is 18.3 Å². The predicted octanol–water partition coefficient (Wildman–Crippen LogP) is 0.871. The van der Waals surface area contributed by atoms with Gasteiger partial charge in [0.2, 0.25) is 0 Å². The molecule has 3 heterocycles. The van der Waals surface area contributed by atoms with Crippen molar-refractivity contribution in [3.05, 3.63) is 12.2 Å². The number of ether oxygens (including phenoxy) is 2. The summed E-state index contributed by atoms with van der Waals surface area (Å²) in [6, 6.07) is 0. The molecule has 0 aromatic heterocycles. The first-order valence-corrected chi connectivity index (χ1v) is 3.91. The lowest BCUT2D eigenvalue weighted by atomic mass is 9.97. The molecular weight excluding hydrogens is 128 g/mol. The standard InChI is InChI=1S/C8H10O2/c1-2-7-8-4-6(10-7)3-5(1)9-8/h1-2,5-8H,3-4H2/t5-,6+,7-,8-/m1/s1. The van der Waals surface area contributed by atoms with Gasteiger partial charge < -0.3 is 9.47 Å². The molecule has 4 atom stereocenters. The van der Waals surface area contributed by atoms with Crippen molar-refractivity contribution in [3.63, 3.8) is 0 Å². The van der Waals surface area contributed by atoms with Crippen LogP contribution < -0.4 is 0 Å². The van der Waals surface area contributed by atoms with Crippen LogP contribution in [0.1, 0.15) is 12.8 Å². The van der Waals surface area contributed by atoms with Gasteiger partial charge in [-0.3, -0.25) is 0 Å². The summed E-state index contributed by atoms with van der Waals surface area (Å²) in [5, 5.41) is 0. The van der Waals surface area contributed by atoms with E-state index in [1.807, 2.05) is 0 Å². The Bertz CT molecular complexity index is 184. The summed E-state index contributed by atoms with van der Waals surface area (Å²) in [7, 11) is 0. The van der Waals surface area contributed by atoms with Crippen molar-refractivity contribution in [2.45, 2.75) is 37.3 Å². The van der Waals surface area contributed by atoms with Crippen molar-refractivity contribution in [1.29, 1.82) is 0 Å². The maximum absolute atomic E-state index is 5.66. The second kappa shape index (κ2) is 1.63. The summed E-state index contributed by atoms with van der Waals surface area (Å²) < 4.78 is 11.3. The van der Waals surface area contributed by atoms with Crippen molar-refractivity contribution in [3.8, 4) is 0 Å². The minimum Gasteiger partial charge on any atom is -0.368 e. The van der Waals surface area contributed by atoms with E-state index in [2.05, 4.69) is 12.2 Å². The van der Waals surface area contributed by atoms with Crippen LogP contribution >= 0.6 is 0 Å². The van der Waals surface area contributed by atoms with Crippen LogP contribution in [0.4, 0.5) is 0 Å². The summed E-state index contributed by atoms with van der Waals surface area (Å²) in [5.41, 5.74) is 0. The Labute approximate surface area is 59.8 Å². The summed E-state index contributed by atoms with van der Waals surface area (Å²) in [4.78, 5) is 0. The fourth-order valence-electron chi connectivity index (χ4n) is 2.11. The van der Waals surface area contributed by atoms with Crippen molar-refractivity contribution < 1.29 is 9.47 Å². The van der Waals surface area contributed by atoms with Gasteiger partial charge in [-0.25, -0.2) is 0 Å². The van der Waals surface area contributed by atoms with Crippen LogP contribution in [0.25, 0.3) is 0 Å². The highest BCUT2D eigenvalue weighted by Gasteiger charge is 2.43. The van der Waals surface area contributed by atoms with Crippen LogP contribution in [0.5, 0.6) is 0 Å². The van der Waals surface area contributed by atoms with Crippen molar-refractivity contribution >= 4 is 0 Å². The van der Waals surface area contributed by atoms with Crippen LogP contribution in [-0.4, -0.2) is 24.4 Å². The van der Waals surface area contributed by atoms with Crippen molar-refractivity contribution in [2.75, 3.05) is 0 Å². The maximum atomic E-state index is 5.66. The zero-order chi connectivity index (χ0) is 6.55. The molecule has 3 rings (SSSR count). The number of hydrogen-bond donors (Lipinski definition) is 0. The van der Waals surface area contributed by atoms with Crippen LogP contribution in [0.15, 0.2) is 12.2 Å². The first-order chi connectivity index (χ1) is 4.92. The Morgan fingerprint density at radius 1 is 1.10 bits per heavy atom. The normalized spacial score (nSPS) is 56.0. The van der Waals surface area contributed by atoms with Crippen molar-refractivity contribution in [1.82, 2.24) is 0 Å². The SMILES string of the molecule is C1=C[C@H]2O[C@H]3C[C@@H]1O[C@@H]2C3. The van der Waals surface area contributed by atoms with E-state index < -0.39 is 0 Å². The third-order valence-electron chi connectivity index (χ3n) is 2.57. The highest BCUT2D eigenvalue weighted by atomic mass is 16.6. The van der Waals surface area contributed by atoms with Gasteiger partial charge in [-0.1, -0.05) is 12.2 Å². The summed E-state index contributed by atoms with van der Waals surface area (Å²) in [6.07, 6.45) is 8.00. The molecule has 0 saturated carbocycles. The minimum atomic E-state index is 0.281. The molecule has 0 amide bonds.